The van der Waals surface area contributed by atoms with Gasteiger partial charge in [0.25, 0.3) is 5.91 Å². The highest BCUT2D eigenvalue weighted by molar-refractivity contribution is 7.18. The van der Waals surface area contributed by atoms with E-state index in [0.717, 1.165) is 41.3 Å². The van der Waals surface area contributed by atoms with Crippen LogP contribution in [0.25, 0.3) is 10.2 Å². The lowest BCUT2D eigenvalue weighted by atomic mass is 10.1. The van der Waals surface area contributed by atoms with Crippen LogP contribution in [-0.4, -0.2) is 47.0 Å². The van der Waals surface area contributed by atoms with Crippen molar-refractivity contribution in [1.29, 1.82) is 0 Å². The average molecular weight is 445 g/mol. The molecule has 1 saturated heterocycles. The highest BCUT2D eigenvalue weighted by Gasteiger charge is 2.24. The maximum atomic E-state index is 13.0. The number of nitrogens with zero attached hydrogens (tertiary/aromatic N) is 4. The lowest BCUT2D eigenvalue weighted by molar-refractivity contribution is 0.0746. The Morgan fingerprint density at radius 2 is 1.69 bits per heavy atom. The molecule has 0 aliphatic carbocycles. The number of amides is 1. The molecule has 32 heavy (non-hydrogen) atoms. The van der Waals surface area contributed by atoms with Gasteiger partial charge in [0.15, 0.2) is 0 Å². The Labute approximate surface area is 191 Å². The number of ether oxygens (including phenoxy) is 1. The van der Waals surface area contributed by atoms with Gasteiger partial charge >= 0.3 is 0 Å². The number of aryl methyl sites for hydroxylation is 1. The second kappa shape index (κ2) is 8.96. The van der Waals surface area contributed by atoms with E-state index < -0.39 is 0 Å². The van der Waals surface area contributed by atoms with Crippen LogP contribution < -0.4 is 9.64 Å². The zero-order chi connectivity index (χ0) is 21.9. The minimum atomic E-state index is 0.0487. The number of fused-ring (bicyclic) bond motifs is 1. The Kier molecular flexibility index (Phi) is 5.73. The van der Waals surface area contributed by atoms with Crippen molar-refractivity contribution in [3.63, 3.8) is 0 Å². The summed E-state index contributed by atoms with van der Waals surface area (Å²) in [5, 5.41) is 1.11. The van der Waals surface area contributed by atoms with Crippen LogP contribution in [0.4, 0.5) is 5.82 Å². The second-order valence-electron chi connectivity index (χ2n) is 7.70. The van der Waals surface area contributed by atoms with Crippen LogP contribution in [0.5, 0.6) is 11.5 Å². The van der Waals surface area contributed by atoms with E-state index in [0.29, 0.717) is 24.4 Å². The van der Waals surface area contributed by atoms with Gasteiger partial charge < -0.3 is 14.5 Å². The Morgan fingerprint density at radius 3 is 2.41 bits per heavy atom. The summed E-state index contributed by atoms with van der Waals surface area (Å²) in [6.07, 6.45) is 2.64. The Bertz CT molecular complexity index is 1220. The molecular formula is C25H24N4O2S. The number of aromatic nitrogens is 2. The van der Waals surface area contributed by atoms with Gasteiger partial charge in [0.2, 0.25) is 0 Å². The van der Waals surface area contributed by atoms with Gasteiger partial charge in [0.05, 0.1) is 5.39 Å². The molecule has 4 aromatic rings. The number of rotatable bonds is 5. The second-order valence-corrected chi connectivity index (χ2v) is 8.82. The normalized spacial score (nSPS) is 14.0. The van der Waals surface area contributed by atoms with Crippen LogP contribution in [0, 0.1) is 0 Å². The molecular weight excluding hydrogens is 420 g/mol. The first kappa shape index (κ1) is 20.5. The molecule has 162 valence electrons. The van der Waals surface area contributed by atoms with E-state index in [1.807, 2.05) is 59.5 Å². The Hall–Kier alpha value is -3.45. The summed E-state index contributed by atoms with van der Waals surface area (Å²) in [6, 6.07) is 19.2. The van der Waals surface area contributed by atoms with Crippen molar-refractivity contribution < 1.29 is 9.53 Å². The van der Waals surface area contributed by atoms with Crippen LogP contribution >= 0.6 is 11.3 Å². The van der Waals surface area contributed by atoms with E-state index in [9.17, 15) is 4.79 Å². The first-order valence-corrected chi connectivity index (χ1v) is 11.6. The minimum absolute atomic E-state index is 0.0487. The number of para-hydroxylation sites is 1. The monoisotopic (exact) mass is 444 g/mol. The molecule has 0 unspecified atom stereocenters. The molecule has 2 aromatic heterocycles. The summed E-state index contributed by atoms with van der Waals surface area (Å²) in [5.74, 6) is 2.51. The molecule has 1 aliphatic heterocycles. The molecule has 3 heterocycles. The quantitative estimate of drug-likeness (QED) is 0.433. The first-order valence-electron chi connectivity index (χ1n) is 10.8. The Morgan fingerprint density at radius 1 is 0.969 bits per heavy atom. The first-order chi connectivity index (χ1) is 15.7. The van der Waals surface area contributed by atoms with E-state index in [4.69, 9.17) is 4.74 Å². The zero-order valence-electron chi connectivity index (χ0n) is 17.9. The lowest BCUT2D eigenvalue weighted by Crippen LogP contribution is -2.49. The van der Waals surface area contributed by atoms with E-state index in [2.05, 4.69) is 27.9 Å². The summed E-state index contributed by atoms with van der Waals surface area (Å²) in [6.45, 7) is 4.99. The number of thiophene rings is 1. The third-order valence-corrected chi connectivity index (χ3v) is 6.84. The van der Waals surface area contributed by atoms with Crippen LogP contribution in [-0.2, 0) is 6.42 Å². The molecule has 0 spiro atoms. The van der Waals surface area contributed by atoms with Crippen molar-refractivity contribution in [3.05, 3.63) is 77.4 Å². The van der Waals surface area contributed by atoms with Gasteiger partial charge in [-0.15, -0.1) is 11.3 Å². The summed E-state index contributed by atoms with van der Waals surface area (Å²) < 4.78 is 5.82. The standard InChI is InChI=1S/C25H24N4O2S/c1-2-21-16-22-23(26-17-27-24(22)32-21)28-12-14-29(15-13-28)25(30)18-8-10-20(11-9-18)31-19-6-4-3-5-7-19/h3-11,16-17H,2,12-15H2,1H3. The van der Waals surface area contributed by atoms with Crippen molar-refractivity contribution >= 4 is 33.3 Å². The molecule has 0 saturated carbocycles. The van der Waals surface area contributed by atoms with E-state index in [-0.39, 0.29) is 5.91 Å². The van der Waals surface area contributed by atoms with Crippen molar-refractivity contribution in [2.45, 2.75) is 13.3 Å². The van der Waals surface area contributed by atoms with Crippen molar-refractivity contribution in [1.82, 2.24) is 14.9 Å². The average Bonchev–Trinajstić information content (AvgIpc) is 3.29. The summed E-state index contributed by atoms with van der Waals surface area (Å²) in [4.78, 5) is 28.5. The SMILES string of the molecule is CCc1cc2c(N3CCN(C(=O)c4ccc(Oc5ccccc5)cc4)CC3)ncnc2s1. The highest BCUT2D eigenvalue weighted by atomic mass is 32.1. The molecule has 5 rings (SSSR count). The van der Waals surface area contributed by atoms with Gasteiger partial charge in [-0.3, -0.25) is 4.79 Å². The molecule has 1 fully saturated rings. The van der Waals surface area contributed by atoms with Gasteiger partial charge in [-0.1, -0.05) is 25.1 Å². The van der Waals surface area contributed by atoms with Crippen LogP contribution in [0.2, 0.25) is 0 Å². The van der Waals surface area contributed by atoms with Gasteiger partial charge in [0.1, 0.15) is 28.5 Å². The molecule has 0 N–H and O–H groups in total. The summed E-state index contributed by atoms with van der Waals surface area (Å²) in [5.41, 5.74) is 0.675. The molecule has 0 radical (unpaired) electrons. The zero-order valence-corrected chi connectivity index (χ0v) is 18.7. The third kappa shape index (κ3) is 4.16. The van der Waals surface area contributed by atoms with Crippen molar-refractivity contribution in [3.8, 4) is 11.5 Å². The topological polar surface area (TPSA) is 58.6 Å². The van der Waals surface area contributed by atoms with E-state index in [1.165, 1.54) is 4.88 Å². The fourth-order valence-corrected chi connectivity index (χ4v) is 4.84. The van der Waals surface area contributed by atoms with E-state index in [1.54, 1.807) is 17.7 Å². The minimum Gasteiger partial charge on any atom is -0.457 e. The smallest absolute Gasteiger partial charge is 0.253 e. The van der Waals surface area contributed by atoms with Crippen molar-refractivity contribution in [2.75, 3.05) is 31.1 Å². The number of benzene rings is 2. The fraction of sp³-hybridized carbons (Fsp3) is 0.240. The van der Waals surface area contributed by atoms with Gasteiger partial charge in [-0.2, -0.15) is 0 Å². The molecule has 7 heteroatoms. The number of hydrogen-bond donors (Lipinski definition) is 0. The number of carbonyl (C=O) groups excluding carboxylic acids is 1. The number of anilines is 1. The molecule has 0 atom stereocenters. The molecule has 2 aromatic carbocycles. The molecule has 1 aliphatic rings. The maximum Gasteiger partial charge on any atom is 0.253 e. The third-order valence-electron chi connectivity index (χ3n) is 5.65. The molecule has 0 bridgehead atoms. The predicted octanol–water partition coefficient (Wildman–Crippen LogP) is 5.01. The largest absolute Gasteiger partial charge is 0.457 e. The van der Waals surface area contributed by atoms with Crippen molar-refractivity contribution in [2.24, 2.45) is 0 Å². The summed E-state index contributed by atoms with van der Waals surface area (Å²) >= 11 is 1.73. The van der Waals surface area contributed by atoms with Crippen LogP contribution in [0.15, 0.2) is 67.0 Å². The number of piperazine rings is 1. The van der Waals surface area contributed by atoms with E-state index >= 15 is 0 Å². The molecule has 1 amide bonds. The lowest BCUT2D eigenvalue weighted by Gasteiger charge is -2.35. The fourth-order valence-electron chi connectivity index (χ4n) is 3.91. The number of carbonyl (C=O) groups is 1. The van der Waals surface area contributed by atoms with Crippen LogP contribution in [0.1, 0.15) is 22.2 Å². The number of hydrogen-bond acceptors (Lipinski definition) is 6. The van der Waals surface area contributed by atoms with Gasteiger partial charge in [-0.25, -0.2) is 9.97 Å². The van der Waals surface area contributed by atoms with Gasteiger partial charge in [-0.05, 0) is 48.9 Å². The highest BCUT2D eigenvalue weighted by Crippen LogP contribution is 2.31. The predicted molar refractivity (Wildman–Crippen MR) is 128 cm³/mol. The Balaban J connectivity index is 1.23. The van der Waals surface area contributed by atoms with Crippen LogP contribution in [0.3, 0.4) is 0 Å². The van der Waals surface area contributed by atoms with Gasteiger partial charge in [0, 0.05) is 36.6 Å². The maximum absolute atomic E-state index is 13.0. The summed E-state index contributed by atoms with van der Waals surface area (Å²) in [7, 11) is 0. The molecule has 6 nitrogen and oxygen atoms in total.